The van der Waals surface area contributed by atoms with E-state index in [2.05, 4.69) is 17.0 Å². The van der Waals surface area contributed by atoms with Gasteiger partial charge in [0.1, 0.15) is 0 Å². The minimum absolute atomic E-state index is 0. The maximum absolute atomic E-state index is 4.91. The second kappa shape index (κ2) is 6.69. The molecule has 0 aromatic rings. The molecule has 0 amide bonds. The summed E-state index contributed by atoms with van der Waals surface area (Å²) < 4.78 is 4.55. The van der Waals surface area contributed by atoms with Gasteiger partial charge in [0.15, 0.2) is 0 Å². The molecule has 0 heterocycles. The first kappa shape index (κ1) is 10.6. The van der Waals surface area contributed by atoms with Gasteiger partial charge in [-0.1, -0.05) is 0 Å². The number of hydrogen-bond acceptors (Lipinski definition) is 2. The molecule has 0 unspecified atom stereocenters. The molecule has 0 aromatic carbocycles. The average Bonchev–Trinajstić information content (AvgIpc) is 1.35. The first-order valence-corrected chi connectivity index (χ1v) is 2.10. The van der Waals surface area contributed by atoms with Crippen LogP contribution >= 0.6 is 12.2 Å². The van der Waals surface area contributed by atoms with Gasteiger partial charge in [-0.05, 0) is 19.1 Å². The summed E-state index contributed by atoms with van der Waals surface area (Å²) >= 11 is 4.35. The van der Waals surface area contributed by atoms with Gasteiger partial charge in [0.05, 0.1) is 6.61 Å². The quantitative estimate of drug-likeness (QED) is 0.311. The third kappa shape index (κ3) is 10.8. The molecule has 38 valence electrons. The Morgan fingerprint density at radius 1 is 2.00 bits per heavy atom. The molecule has 0 atom stereocenters. The summed E-state index contributed by atoms with van der Waals surface area (Å²) in [5, 5.41) is 0.123. The maximum Gasteiger partial charge on any atom is 1.00 e. The van der Waals surface area contributed by atoms with Gasteiger partial charge in [-0.25, -0.2) is 0 Å². The van der Waals surface area contributed by atoms with Crippen molar-refractivity contribution in [3.05, 3.63) is 0 Å². The van der Waals surface area contributed by atoms with Gasteiger partial charge in [0.25, 0.3) is 5.17 Å². The summed E-state index contributed by atoms with van der Waals surface area (Å²) in [4.78, 5) is 0. The van der Waals surface area contributed by atoms with Crippen LogP contribution in [0.15, 0.2) is 0 Å². The molecular formula is C3H8NNaOS. The van der Waals surface area contributed by atoms with Crippen LogP contribution < -0.4 is 35.3 Å². The Bertz CT molecular complexity index is 63.2. The van der Waals surface area contributed by atoms with Crippen molar-refractivity contribution in [2.24, 2.45) is 5.73 Å². The van der Waals surface area contributed by atoms with E-state index < -0.39 is 0 Å². The Morgan fingerprint density at radius 2 is 2.43 bits per heavy atom. The van der Waals surface area contributed by atoms with E-state index >= 15 is 0 Å². The zero-order valence-electron chi connectivity index (χ0n) is 5.60. The van der Waals surface area contributed by atoms with E-state index in [-0.39, 0.29) is 36.2 Å². The summed E-state index contributed by atoms with van der Waals surface area (Å²) in [6, 6.07) is 0. The molecule has 0 aromatic heterocycles. The van der Waals surface area contributed by atoms with Crippen LogP contribution in [0.1, 0.15) is 8.35 Å². The molecular weight excluding hydrogens is 121 g/mol. The first-order valence-electron chi connectivity index (χ1n) is 1.69. The van der Waals surface area contributed by atoms with Crippen molar-refractivity contribution in [1.82, 2.24) is 0 Å². The van der Waals surface area contributed by atoms with E-state index in [1.54, 1.807) is 0 Å². The zero-order chi connectivity index (χ0) is 4.99. The summed E-state index contributed by atoms with van der Waals surface area (Å²) in [5.41, 5.74) is 4.91. The molecule has 0 aliphatic carbocycles. The minimum Gasteiger partial charge on any atom is -1.00 e. The fraction of sp³-hybridized carbons (Fsp3) is 0.667. The van der Waals surface area contributed by atoms with Crippen molar-refractivity contribution in [1.29, 1.82) is 0 Å². The monoisotopic (exact) mass is 129 g/mol. The molecule has 0 bridgehead atoms. The normalized spacial score (nSPS) is 6.43. The second-order valence-electron chi connectivity index (χ2n) is 0.752. The molecule has 0 aliphatic rings. The predicted octanol–water partition coefficient (Wildman–Crippen LogP) is -2.62. The van der Waals surface area contributed by atoms with Crippen LogP contribution in [-0.4, -0.2) is 11.8 Å². The number of rotatable bonds is 1. The molecule has 2 N–H and O–H groups in total. The van der Waals surface area contributed by atoms with Crippen LogP contribution in [0, 0.1) is 0 Å². The Hall–Kier alpha value is 0.690. The van der Waals surface area contributed by atoms with Gasteiger partial charge in [0, 0.05) is 0 Å². The largest absolute Gasteiger partial charge is 1.00 e. The number of nitrogens with two attached hydrogens (primary N) is 1. The third-order valence-electron chi connectivity index (χ3n) is 0.287. The summed E-state index contributed by atoms with van der Waals surface area (Å²) in [7, 11) is 0. The second-order valence-corrected chi connectivity index (χ2v) is 1.15. The molecule has 0 fully saturated rings. The van der Waals surface area contributed by atoms with E-state index in [4.69, 9.17) is 5.73 Å². The number of ether oxygens (including phenoxy) is 1. The van der Waals surface area contributed by atoms with E-state index in [1.807, 2.05) is 6.92 Å². The average molecular weight is 129 g/mol. The van der Waals surface area contributed by atoms with Gasteiger partial charge in [0.2, 0.25) is 0 Å². The Morgan fingerprint density at radius 3 is 2.43 bits per heavy atom. The van der Waals surface area contributed by atoms with E-state index in [1.165, 1.54) is 0 Å². The van der Waals surface area contributed by atoms with Crippen LogP contribution in [0.4, 0.5) is 0 Å². The SMILES string of the molecule is CCOC(N)=S.[H-].[Na+]. The molecule has 0 radical (unpaired) electrons. The zero-order valence-corrected chi connectivity index (χ0v) is 7.42. The molecule has 0 spiro atoms. The summed E-state index contributed by atoms with van der Waals surface area (Å²) in [5.74, 6) is 0. The van der Waals surface area contributed by atoms with Crippen molar-refractivity contribution in [3.8, 4) is 0 Å². The molecule has 0 saturated heterocycles. The fourth-order valence-corrected chi connectivity index (χ4v) is 0.260. The van der Waals surface area contributed by atoms with Crippen LogP contribution in [0.25, 0.3) is 0 Å². The maximum atomic E-state index is 4.91. The third-order valence-corrected chi connectivity index (χ3v) is 0.404. The van der Waals surface area contributed by atoms with Crippen LogP contribution in [-0.2, 0) is 4.74 Å². The van der Waals surface area contributed by atoms with Gasteiger partial charge < -0.3 is 11.9 Å². The summed E-state index contributed by atoms with van der Waals surface area (Å²) in [6.45, 7) is 2.40. The molecule has 2 nitrogen and oxygen atoms in total. The number of thiocarbonyl (C=S) groups is 1. The fourth-order valence-electron chi connectivity index (χ4n) is 0.142. The first-order chi connectivity index (χ1) is 2.77. The number of hydrogen-bond donors (Lipinski definition) is 1. The molecule has 0 rings (SSSR count). The van der Waals surface area contributed by atoms with Gasteiger partial charge in [-0.15, -0.1) is 0 Å². The molecule has 7 heavy (non-hydrogen) atoms. The summed E-state index contributed by atoms with van der Waals surface area (Å²) in [6.07, 6.45) is 0. The standard InChI is InChI=1S/C3H7NOS.Na.H/c1-2-5-3(4)6;;/h2H2,1H3,(H2,4,6);;/q;+1;-1. The van der Waals surface area contributed by atoms with Crippen molar-refractivity contribution in [2.45, 2.75) is 6.92 Å². The van der Waals surface area contributed by atoms with Crippen molar-refractivity contribution in [3.63, 3.8) is 0 Å². The van der Waals surface area contributed by atoms with Crippen LogP contribution in [0.5, 0.6) is 0 Å². The Labute approximate surface area is 72.2 Å². The van der Waals surface area contributed by atoms with E-state index in [0.29, 0.717) is 6.61 Å². The van der Waals surface area contributed by atoms with Crippen molar-refractivity contribution < 1.29 is 35.7 Å². The van der Waals surface area contributed by atoms with E-state index in [0.717, 1.165) is 0 Å². The molecule has 0 saturated carbocycles. The molecule has 4 heteroatoms. The van der Waals surface area contributed by atoms with Crippen molar-refractivity contribution >= 4 is 17.4 Å². The predicted molar refractivity (Wildman–Crippen MR) is 29.5 cm³/mol. The van der Waals surface area contributed by atoms with E-state index in [9.17, 15) is 0 Å². The van der Waals surface area contributed by atoms with Crippen LogP contribution in [0.3, 0.4) is 0 Å². The van der Waals surface area contributed by atoms with Gasteiger partial charge in [-0.3, -0.25) is 0 Å². The Balaban J connectivity index is -0.000000125. The smallest absolute Gasteiger partial charge is 1.00 e. The van der Waals surface area contributed by atoms with Crippen molar-refractivity contribution in [2.75, 3.05) is 6.61 Å². The van der Waals surface area contributed by atoms with Gasteiger partial charge >= 0.3 is 29.6 Å². The van der Waals surface area contributed by atoms with Gasteiger partial charge in [-0.2, -0.15) is 0 Å². The van der Waals surface area contributed by atoms with Crippen LogP contribution in [0.2, 0.25) is 0 Å². The Kier molecular flexibility index (Phi) is 10.2. The topological polar surface area (TPSA) is 35.2 Å². The minimum atomic E-state index is 0. The molecule has 0 aliphatic heterocycles.